The van der Waals surface area contributed by atoms with E-state index in [0.29, 0.717) is 0 Å². The fraction of sp³-hybridized carbons (Fsp3) is 0.167. The molecule has 2 heterocycles. The van der Waals surface area contributed by atoms with Gasteiger partial charge in [-0.2, -0.15) is 4.89 Å². The van der Waals surface area contributed by atoms with Gasteiger partial charge in [0.1, 0.15) is 6.61 Å². The van der Waals surface area contributed by atoms with Crippen molar-refractivity contribution in [3.8, 4) is 5.75 Å². The molecular weight excluding hydrogens is 136 g/mol. The Morgan fingerprint density at radius 3 is 3.33 bits per heavy atom. The summed E-state index contributed by atoms with van der Waals surface area (Å²) in [7, 11) is 0. The van der Waals surface area contributed by atoms with E-state index in [0.717, 1.165) is 12.2 Å². The van der Waals surface area contributed by atoms with Crippen molar-refractivity contribution in [2.75, 3.05) is 0 Å². The largest absolute Gasteiger partial charge is 0.336 e. The van der Waals surface area contributed by atoms with Crippen molar-refractivity contribution in [2.45, 2.75) is 6.42 Å². The van der Waals surface area contributed by atoms with Crippen LogP contribution in [0, 0.1) is 6.61 Å². The zero-order valence-electron chi connectivity index (χ0n) is 4.66. The number of thiophene rings is 1. The molecule has 0 unspecified atom stereocenters. The van der Waals surface area contributed by atoms with E-state index in [2.05, 4.69) is 10.3 Å². The predicted molar refractivity (Wildman–Crippen MR) is 34.0 cm³/mol. The zero-order valence-corrected chi connectivity index (χ0v) is 5.48. The summed E-state index contributed by atoms with van der Waals surface area (Å²) < 4.78 is 0. The Labute approximate surface area is 57.0 Å². The monoisotopic (exact) mass is 141 g/mol. The van der Waals surface area contributed by atoms with Gasteiger partial charge in [0.25, 0.3) is 0 Å². The lowest BCUT2D eigenvalue weighted by molar-refractivity contribution is -0.182. The molecule has 9 heavy (non-hydrogen) atoms. The van der Waals surface area contributed by atoms with Crippen molar-refractivity contribution >= 4 is 11.3 Å². The molecule has 1 aliphatic rings. The summed E-state index contributed by atoms with van der Waals surface area (Å²) in [4.78, 5) is 9.45. The van der Waals surface area contributed by atoms with Crippen LogP contribution in [-0.2, 0) is 11.3 Å². The van der Waals surface area contributed by atoms with Gasteiger partial charge in [-0.1, -0.05) is 0 Å². The van der Waals surface area contributed by atoms with Crippen LogP contribution in [0.3, 0.4) is 0 Å². The smallest absolute Gasteiger partial charge is 0.179 e. The van der Waals surface area contributed by atoms with Crippen LogP contribution in [0.5, 0.6) is 5.75 Å². The van der Waals surface area contributed by atoms with Crippen molar-refractivity contribution in [1.29, 1.82) is 0 Å². The Kier molecular flexibility index (Phi) is 1.17. The molecule has 0 bridgehead atoms. The third-order valence-electron chi connectivity index (χ3n) is 1.21. The lowest BCUT2D eigenvalue weighted by atomic mass is 10.2. The molecule has 0 saturated carbocycles. The quantitative estimate of drug-likeness (QED) is 0.513. The van der Waals surface area contributed by atoms with Crippen LogP contribution in [0.2, 0.25) is 0 Å². The Morgan fingerprint density at radius 1 is 1.44 bits per heavy atom. The number of fused-ring (bicyclic) bond motifs is 1. The van der Waals surface area contributed by atoms with Gasteiger partial charge in [0.2, 0.25) is 0 Å². The first-order valence-corrected chi connectivity index (χ1v) is 3.61. The number of hydrogen-bond acceptors (Lipinski definition) is 3. The normalized spacial score (nSPS) is 16.4. The van der Waals surface area contributed by atoms with E-state index >= 15 is 0 Å². The highest BCUT2D eigenvalue weighted by Gasteiger charge is 2.11. The number of rotatable bonds is 0. The average molecular weight is 141 g/mol. The van der Waals surface area contributed by atoms with E-state index < -0.39 is 0 Å². The SMILES string of the molecule is [CH]1Cc2cscc2OO1. The average Bonchev–Trinajstić information content (AvgIpc) is 2.33. The van der Waals surface area contributed by atoms with Gasteiger partial charge in [-0.15, -0.1) is 11.3 Å². The van der Waals surface area contributed by atoms with E-state index in [1.807, 2.05) is 5.38 Å². The van der Waals surface area contributed by atoms with E-state index in [4.69, 9.17) is 4.89 Å². The summed E-state index contributed by atoms with van der Waals surface area (Å²) >= 11 is 1.63. The second-order valence-electron chi connectivity index (χ2n) is 1.81. The lowest BCUT2D eigenvalue weighted by Crippen LogP contribution is -2.03. The van der Waals surface area contributed by atoms with Crippen LogP contribution in [0.4, 0.5) is 0 Å². The molecule has 0 N–H and O–H groups in total. The summed E-state index contributed by atoms with van der Waals surface area (Å²) in [5.74, 6) is 0.863. The Morgan fingerprint density at radius 2 is 2.44 bits per heavy atom. The van der Waals surface area contributed by atoms with Gasteiger partial charge >= 0.3 is 0 Å². The van der Waals surface area contributed by atoms with E-state index in [9.17, 15) is 0 Å². The summed E-state index contributed by atoms with van der Waals surface area (Å²) in [6.07, 6.45) is 0.860. The molecule has 0 spiro atoms. The van der Waals surface area contributed by atoms with Gasteiger partial charge in [-0.05, 0) is 5.38 Å². The van der Waals surface area contributed by atoms with Gasteiger partial charge in [-0.3, -0.25) is 0 Å². The standard InChI is InChI=1S/C6H5O2S/c1-2-7-8-6-4-9-3-5(1)6/h2-4H,1H2. The predicted octanol–water partition coefficient (Wildman–Crippen LogP) is 1.78. The third kappa shape index (κ3) is 0.821. The van der Waals surface area contributed by atoms with Crippen LogP contribution in [0.25, 0.3) is 0 Å². The molecule has 1 aromatic rings. The first-order chi connectivity index (χ1) is 4.47. The summed E-state index contributed by atoms with van der Waals surface area (Å²) in [5.41, 5.74) is 1.21. The molecule has 2 nitrogen and oxygen atoms in total. The van der Waals surface area contributed by atoms with Crippen LogP contribution in [0.15, 0.2) is 10.8 Å². The third-order valence-corrected chi connectivity index (χ3v) is 1.98. The molecule has 0 atom stereocenters. The summed E-state index contributed by atoms with van der Waals surface area (Å²) in [6, 6.07) is 0. The molecule has 0 fully saturated rings. The van der Waals surface area contributed by atoms with Gasteiger partial charge in [0, 0.05) is 17.4 Å². The maximum atomic E-state index is 4.82. The molecule has 0 aromatic carbocycles. The van der Waals surface area contributed by atoms with Gasteiger partial charge < -0.3 is 4.89 Å². The zero-order chi connectivity index (χ0) is 6.10. The van der Waals surface area contributed by atoms with E-state index in [-0.39, 0.29) is 0 Å². The Bertz CT molecular complexity index is 186. The van der Waals surface area contributed by atoms with Crippen LogP contribution >= 0.6 is 11.3 Å². The molecule has 2 rings (SSSR count). The van der Waals surface area contributed by atoms with Gasteiger partial charge in [-0.25, -0.2) is 0 Å². The molecule has 3 heteroatoms. The van der Waals surface area contributed by atoms with E-state index in [1.165, 1.54) is 5.56 Å². The first kappa shape index (κ1) is 5.26. The minimum Gasteiger partial charge on any atom is -0.336 e. The maximum absolute atomic E-state index is 4.82. The fourth-order valence-electron chi connectivity index (χ4n) is 0.743. The highest BCUT2D eigenvalue weighted by molar-refractivity contribution is 7.08. The first-order valence-electron chi connectivity index (χ1n) is 2.67. The molecular formula is C6H5O2S. The fourth-order valence-corrected chi connectivity index (χ4v) is 1.50. The van der Waals surface area contributed by atoms with E-state index in [1.54, 1.807) is 17.9 Å². The highest BCUT2D eigenvalue weighted by Crippen LogP contribution is 2.27. The minimum atomic E-state index is 0.860. The number of hydrogen-bond donors (Lipinski definition) is 0. The molecule has 1 radical (unpaired) electrons. The highest BCUT2D eigenvalue weighted by atomic mass is 32.1. The molecule has 0 saturated heterocycles. The molecule has 47 valence electrons. The van der Waals surface area contributed by atoms with Crippen molar-refractivity contribution in [2.24, 2.45) is 0 Å². The second-order valence-corrected chi connectivity index (χ2v) is 2.56. The van der Waals surface area contributed by atoms with Gasteiger partial charge in [0.05, 0.1) is 0 Å². The topological polar surface area (TPSA) is 18.5 Å². The Balaban J connectivity index is 2.39. The molecule has 1 aliphatic heterocycles. The second kappa shape index (κ2) is 2.01. The van der Waals surface area contributed by atoms with Crippen LogP contribution < -0.4 is 4.89 Å². The minimum absolute atomic E-state index is 0.860. The Hall–Kier alpha value is -0.540. The van der Waals surface area contributed by atoms with Crippen LogP contribution in [-0.4, -0.2) is 0 Å². The summed E-state index contributed by atoms with van der Waals surface area (Å²) in [5, 5.41) is 4.00. The summed E-state index contributed by atoms with van der Waals surface area (Å²) in [6.45, 7) is 1.65. The molecule has 0 aliphatic carbocycles. The lowest BCUT2D eigenvalue weighted by Gasteiger charge is -2.09. The maximum Gasteiger partial charge on any atom is 0.179 e. The molecule has 1 aromatic heterocycles. The van der Waals surface area contributed by atoms with Crippen molar-refractivity contribution in [3.05, 3.63) is 22.9 Å². The van der Waals surface area contributed by atoms with Crippen LogP contribution in [0.1, 0.15) is 5.56 Å². The molecule has 0 amide bonds. The van der Waals surface area contributed by atoms with Crippen molar-refractivity contribution in [3.63, 3.8) is 0 Å². The van der Waals surface area contributed by atoms with Crippen molar-refractivity contribution < 1.29 is 9.78 Å². The van der Waals surface area contributed by atoms with Gasteiger partial charge in [0.15, 0.2) is 5.75 Å². The van der Waals surface area contributed by atoms with Crippen molar-refractivity contribution in [1.82, 2.24) is 0 Å².